The van der Waals surface area contributed by atoms with Gasteiger partial charge >= 0.3 is 11.9 Å². The first-order chi connectivity index (χ1) is 6.90. The molecule has 1 aliphatic heterocycles. The lowest BCUT2D eigenvalue weighted by Crippen LogP contribution is -2.47. The van der Waals surface area contributed by atoms with E-state index in [-0.39, 0.29) is 17.9 Å². The molecule has 1 fully saturated rings. The van der Waals surface area contributed by atoms with Crippen LogP contribution in [0.2, 0.25) is 0 Å². The lowest BCUT2D eigenvalue weighted by molar-refractivity contribution is -0.178. The first-order valence-corrected chi connectivity index (χ1v) is 5.23. The molecule has 0 aromatic rings. The number of rotatable bonds is 2. The number of cyclic esters (lactones) is 1. The number of ether oxygens (including phenoxy) is 2. The van der Waals surface area contributed by atoms with Crippen LogP contribution >= 0.6 is 0 Å². The van der Waals surface area contributed by atoms with Crippen LogP contribution in [0.1, 0.15) is 27.7 Å². The average molecular weight is 214 g/mol. The molecule has 0 N–H and O–H groups in total. The van der Waals surface area contributed by atoms with Gasteiger partial charge in [-0.2, -0.15) is 0 Å². The van der Waals surface area contributed by atoms with Gasteiger partial charge in [-0.25, -0.2) is 0 Å². The topological polar surface area (TPSA) is 52.6 Å². The summed E-state index contributed by atoms with van der Waals surface area (Å²) in [4.78, 5) is 23.1. The van der Waals surface area contributed by atoms with E-state index >= 15 is 0 Å². The second-order valence-electron chi connectivity index (χ2n) is 4.61. The zero-order chi connectivity index (χ0) is 11.6. The molecule has 0 amide bonds. The first-order valence-electron chi connectivity index (χ1n) is 5.23. The van der Waals surface area contributed by atoms with Gasteiger partial charge in [0.05, 0.1) is 13.2 Å². The van der Waals surface area contributed by atoms with E-state index in [4.69, 9.17) is 9.47 Å². The van der Waals surface area contributed by atoms with Crippen molar-refractivity contribution in [1.82, 2.24) is 0 Å². The molecule has 0 saturated carbocycles. The average Bonchev–Trinajstić information content (AvgIpc) is 2.14. The summed E-state index contributed by atoms with van der Waals surface area (Å²) in [6.07, 6.45) is 0. The van der Waals surface area contributed by atoms with E-state index in [1.54, 1.807) is 6.92 Å². The first kappa shape index (κ1) is 12.0. The number of carbonyl (C=O) groups excluding carboxylic acids is 2. The van der Waals surface area contributed by atoms with Gasteiger partial charge in [-0.3, -0.25) is 9.59 Å². The van der Waals surface area contributed by atoms with Crippen LogP contribution in [0, 0.1) is 17.3 Å². The zero-order valence-corrected chi connectivity index (χ0v) is 9.70. The molecular formula is C11H18O4. The Morgan fingerprint density at radius 2 is 2.20 bits per heavy atom. The zero-order valence-electron chi connectivity index (χ0n) is 9.70. The summed E-state index contributed by atoms with van der Waals surface area (Å²) in [5.74, 6) is -1.76. The van der Waals surface area contributed by atoms with Crippen LogP contribution in [0.3, 0.4) is 0 Å². The van der Waals surface area contributed by atoms with Crippen molar-refractivity contribution in [3.05, 3.63) is 0 Å². The summed E-state index contributed by atoms with van der Waals surface area (Å²) in [5, 5.41) is 0. The van der Waals surface area contributed by atoms with Crippen molar-refractivity contribution in [3.8, 4) is 0 Å². The minimum Gasteiger partial charge on any atom is -0.465 e. The summed E-state index contributed by atoms with van der Waals surface area (Å²) in [6.45, 7) is 8.23. The molecule has 1 saturated heterocycles. The summed E-state index contributed by atoms with van der Waals surface area (Å²) >= 11 is 0. The molecule has 2 atom stereocenters. The quantitative estimate of drug-likeness (QED) is 0.515. The molecule has 86 valence electrons. The van der Waals surface area contributed by atoms with Crippen LogP contribution in [0.25, 0.3) is 0 Å². The Hall–Kier alpha value is -1.06. The van der Waals surface area contributed by atoms with Gasteiger partial charge in [0, 0.05) is 5.41 Å². The van der Waals surface area contributed by atoms with Crippen LogP contribution in [-0.4, -0.2) is 25.2 Å². The molecule has 0 bridgehead atoms. The van der Waals surface area contributed by atoms with E-state index in [0.29, 0.717) is 6.61 Å². The molecule has 0 aliphatic carbocycles. The fraction of sp³-hybridized carbons (Fsp3) is 0.818. The van der Waals surface area contributed by atoms with E-state index in [9.17, 15) is 9.59 Å². The molecule has 15 heavy (non-hydrogen) atoms. The summed E-state index contributed by atoms with van der Waals surface area (Å²) in [6, 6.07) is 0. The van der Waals surface area contributed by atoms with E-state index in [0.717, 1.165) is 0 Å². The summed E-state index contributed by atoms with van der Waals surface area (Å²) in [7, 11) is 0. The van der Waals surface area contributed by atoms with Crippen LogP contribution in [0.15, 0.2) is 0 Å². The van der Waals surface area contributed by atoms with Gasteiger partial charge in [0.15, 0.2) is 5.92 Å². The van der Waals surface area contributed by atoms with Crippen LogP contribution < -0.4 is 0 Å². The van der Waals surface area contributed by atoms with Crippen molar-refractivity contribution >= 4 is 11.9 Å². The minimum atomic E-state index is -0.770. The van der Waals surface area contributed by atoms with Crippen molar-refractivity contribution in [1.29, 1.82) is 0 Å². The standard InChI is InChI=1S/C11H18O4/c1-5-14-9(12)8-7(2)11(3,4)6-15-10(8)13/h7-8H,5-6H2,1-4H3/t7-,8+/m0/s1. The second kappa shape index (κ2) is 4.21. The highest BCUT2D eigenvalue weighted by Crippen LogP contribution is 2.37. The van der Waals surface area contributed by atoms with Crippen molar-refractivity contribution in [2.24, 2.45) is 17.3 Å². The SMILES string of the molecule is CCOC(=O)[C@@H]1C(=O)OCC(C)(C)[C@H]1C. The maximum atomic E-state index is 11.6. The number of hydrogen-bond donors (Lipinski definition) is 0. The molecule has 1 heterocycles. The van der Waals surface area contributed by atoms with Crippen molar-refractivity contribution in [2.45, 2.75) is 27.7 Å². The Bertz CT molecular complexity index is 270. The van der Waals surface area contributed by atoms with Crippen molar-refractivity contribution in [3.63, 3.8) is 0 Å². The van der Waals surface area contributed by atoms with Crippen molar-refractivity contribution in [2.75, 3.05) is 13.2 Å². The Kier molecular flexibility index (Phi) is 3.37. The maximum absolute atomic E-state index is 11.6. The smallest absolute Gasteiger partial charge is 0.320 e. The Labute approximate surface area is 89.9 Å². The van der Waals surface area contributed by atoms with Gasteiger partial charge < -0.3 is 9.47 Å². The third kappa shape index (κ3) is 2.30. The third-order valence-electron chi connectivity index (χ3n) is 3.11. The Balaban J connectivity index is 2.83. The number of hydrogen-bond acceptors (Lipinski definition) is 4. The molecule has 0 aromatic heterocycles. The van der Waals surface area contributed by atoms with Crippen molar-refractivity contribution < 1.29 is 19.1 Å². The fourth-order valence-corrected chi connectivity index (χ4v) is 1.67. The van der Waals surface area contributed by atoms with Crippen LogP contribution in [0.5, 0.6) is 0 Å². The van der Waals surface area contributed by atoms with Gasteiger partial charge in [0.1, 0.15) is 0 Å². The fourth-order valence-electron chi connectivity index (χ4n) is 1.67. The van der Waals surface area contributed by atoms with Gasteiger partial charge in [0.2, 0.25) is 0 Å². The lowest BCUT2D eigenvalue weighted by atomic mass is 9.71. The Morgan fingerprint density at radius 1 is 1.60 bits per heavy atom. The highest BCUT2D eigenvalue weighted by atomic mass is 16.6. The van der Waals surface area contributed by atoms with Gasteiger partial charge in [-0.05, 0) is 12.8 Å². The van der Waals surface area contributed by atoms with E-state index in [1.807, 2.05) is 20.8 Å². The number of carbonyl (C=O) groups is 2. The normalized spacial score (nSPS) is 29.5. The van der Waals surface area contributed by atoms with E-state index in [2.05, 4.69) is 0 Å². The summed E-state index contributed by atoms with van der Waals surface area (Å²) < 4.78 is 9.88. The predicted molar refractivity (Wildman–Crippen MR) is 54.0 cm³/mol. The number of esters is 2. The molecule has 1 aliphatic rings. The van der Waals surface area contributed by atoms with E-state index in [1.165, 1.54) is 0 Å². The minimum absolute atomic E-state index is 0.0576. The third-order valence-corrected chi connectivity index (χ3v) is 3.11. The van der Waals surface area contributed by atoms with Gasteiger partial charge in [0.25, 0.3) is 0 Å². The molecule has 0 aromatic carbocycles. The maximum Gasteiger partial charge on any atom is 0.320 e. The van der Waals surface area contributed by atoms with Gasteiger partial charge in [-0.1, -0.05) is 20.8 Å². The molecule has 4 heteroatoms. The highest BCUT2D eigenvalue weighted by molar-refractivity contribution is 5.95. The highest BCUT2D eigenvalue weighted by Gasteiger charge is 2.47. The second-order valence-corrected chi connectivity index (χ2v) is 4.61. The van der Waals surface area contributed by atoms with Crippen LogP contribution in [0.4, 0.5) is 0 Å². The molecule has 0 spiro atoms. The molecule has 4 nitrogen and oxygen atoms in total. The molecule has 0 unspecified atom stereocenters. The largest absolute Gasteiger partial charge is 0.465 e. The van der Waals surface area contributed by atoms with E-state index < -0.39 is 17.9 Å². The Morgan fingerprint density at radius 3 is 2.73 bits per heavy atom. The predicted octanol–water partition coefficient (Wildman–Crippen LogP) is 1.38. The molecule has 0 radical (unpaired) electrons. The van der Waals surface area contributed by atoms with Gasteiger partial charge in [-0.15, -0.1) is 0 Å². The lowest BCUT2D eigenvalue weighted by Gasteiger charge is -2.39. The monoisotopic (exact) mass is 214 g/mol. The molecular weight excluding hydrogens is 196 g/mol. The summed E-state index contributed by atoms with van der Waals surface area (Å²) in [5.41, 5.74) is -0.175. The molecule has 1 rings (SSSR count). The van der Waals surface area contributed by atoms with Crippen LogP contribution in [-0.2, 0) is 19.1 Å².